The molecule has 2 aromatic carbocycles. The van der Waals surface area contributed by atoms with Gasteiger partial charge in [-0.2, -0.15) is 0 Å². The summed E-state index contributed by atoms with van der Waals surface area (Å²) in [6.07, 6.45) is 0. The van der Waals surface area contributed by atoms with Gasteiger partial charge in [0, 0.05) is 37.4 Å². The Balaban J connectivity index is 1.47. The standard InChI is InChI=1S/C22H23N3O2S/c1-16-23-20(17-6-4-3-5-7-17)21(28-16)22(26)25-14-12-24(13-15-25)18-8-10-19(27-2)11-9-18/h3-11H,12-15H2,1-2H3. The van der Waals surface area contributed by atoms with Gasteiger partial charge in [-0.3, -0.25) is 4.79 Å². The van der Waals surface area contributed by atoms with Crippen LogP contribution in [0.1, 0.15) is 14.7 Å². The van der Waals surface area contributed by atoms with Gasteiger partial charge in [0.05, 0.1) is 17.8 Å². The van der Waals surface area contributed by atoms with E-state index in [1.54, 1.807) is 7.11 Å². The lowest BCUT2D eigenvalue weighted by atomic mass is 10.1. The van der Waals surface area contributed by atoms with Crippen LogP contribution in [0.4, 0.5) is 5.69 Å². The SMILES string of the molecule is COc1ccc(N2CCN(C(=O)c3sc(C)nc3-c3ccccc3)CC2)cc1. The first kappa shape index (κ1) is 18.5. The molecule has 1 aliphatic rings. The van der Waals surface area contributed by atoms with Crippen molar-refractivity contribution < 1.29 is 9.53 Å². The van der Waals surface area contributed by atoms with Gasteiger partial charge in [-0.1, -0.05) is 30.3 Å². The molecule has 0 spiro atoms. The number of aryl methyl sites for hydroxylation is 1. The van der Waals surface area contributed by atoms with E-state index in [4.69, 9.17) is 4.74 Å². The number of hydrogen-bond acceptors (Lipinski definition) is 5. The molecular weight excluding hydrogens is 370 g/mol. The summed E-state index contributed by atoms with van der Waals surface area (Å²) < 4.78 is 5.23. The van der Waals surface area contributed by atoms with Gasteiger partial charge in [0.1, 0.15) is 10.6 Å². The number of piperazine rings is 1. The molecule has 0 atom stereocenters. The van der Waals surface area contributed by atoms with Crippen LogP contribution in [0.5, 0.6) is 5.75 Å². The molecule has 0 saturated carbocycles. The second kappa shape index (κ2) is 8.02. The van der Waals surface area contributed by atoms with Gasteiger partial charge < -0.3 is 14.5 Å². The van der Waals surface area contributed by atoms with E-state index in [0.717, 1.165) is 45.7 Å². The second-order valence-electron chi connectivity index (χ2n) is 6.75. The Kier molecular flexibility index (Phi) is 5.30. The molecule has 0 bridgehead atoms. The largest absolute Gasteiger partial charge is 0.497 e. The molecule has 0 aliphatic carbocycles. The van der Waals surface area contributed by atoms with Crippen LogP contribution in [0, 0.1) is 6.92 Å². The fourth-order valence-electron chi connectivity index (χ4n) is 3.47. The first-order valence-electron chi connectivity index (χ1n) is 9.37. The van der Waals surface area contributed by atoms with Crippen molar-refractivity contribution in [1.82, 2.24) is 9.88 Å². The number of rotatable bonds is 4. The van der Waals surface area contributed by atoms with Crippen molar-refractivity contribution >= 4 is 22.9 Å². The summed E-state index contributed by atoms with van der Waals surface area (Å²) in [7, 11) is 1.67. The topological polar surface area (TPSA) is 45.7 Å². The molecule has 1 aromatic heterocycles. The number of aromatic nitrogens is 1. The molecule has 0 unspecified atom stereocenters. The van der Waals surface area contributed by atoms with Gasteiger partial charge in [-0.05, 0) is 31.2 Å². The second-order valence-corrected chi connectivity index (χ2v) is 7.96. The van der Waals surface area contributed by atoms with Gasteiger partial charge in [0.15, 0.2) is 0 Å². The summed E-state index contributed by atoms with van der Waals surface area (Å²) in [4.78, 5) is 22.8. The Morgan fingerprint density at radius 2 is 1.68 bits per heavy atom. The van der Waals surface area contributed by atoms with Crippen molar-refractivity contribution in [3.63, 3.8) is 0 Å². The third kappa shape index (κ3) is 3.73. The maximum Gasteiger partial charge on any atom is 0.266 e. The molecule has 4 rings (SSSR count). The molecule has 1 aliphatic heterocycles. The normalized spacial score (nSPS) is 14.2. The Labute approximate surface area is 169 Å². The van der Waals surface area contributed by atoms with E-state index in [1.807, 2.05) is 54.3 Å². The van der Waals surface area contributed by atoms with Crippen LogP contribution in [0.15, 0.2) is 54.6 Å². The van der Waals surface area contributed by atoms with E-state index in [1.165, 1.54) is 11.3 Å². The number of benzene rings is 2. The van der Waals surface area contributed by atoms with Crippen molar-refractivity contribution in [1.29, 1.82) is 0 Å². The molecule has 2 heterocycles. The quantitative estimate of drug-likeness (QED) is 0.670. The highest BCUT2D eigenvalue weighted by molar-refractivity contribution is 7.14. The fraction of sp³-hybridized carbons (Fsp3) is 0.273. The Hall–Kier alpha value is -2.86. The summed E-state index contributed by atoms with van der Waals surface area (Å²) in [5.74, 6) is 0.936. The molecule has 3 aromatic rings. The average molecular weight is 394 g/mol. The van der Waals surface area contributed by atoms with E-state index < -0.39 is 0 Å². The van der Waals surface area contributed by atoms with E-state index in [2.05, 4.69) is 22.0 Å². The Bertz CT molecular complexity index is 946. The maximum atomic E-state index is 13.2. The van der Waals surface area contributed by atoms with Gasteiger partial charge in [-0.25, -0.2) is 4.98 Å². The number of nitrogens with zero attached hydrogens (tertiary/aromatic N) is 3. The van der Waals surface area contributed by atoms with Crippen molar-refractivity contribution in [2.24, 2.45) is 0 Å². The van der Waals surface area contributed by atoms with Crippen LogP contribution >= 0.6 is 11.3 Å². The molecule has 1 saturated heterocycles. The fourth-order valence-corrected chi connectivity index (χ4v) is 4.38. The lowest BCUT2D eigenvalue weighted by Gasteiger charge is -2.36. The highest BCUT2D eigenvalue weighted by atomic mass is 32.1. The summed E-state index contributed by atoms with van der Waals surface area (Å²) >= 11 is 1.48. The zero-order valence-corrected chi connectivity index (χ0v) is 16.9. The van der Waals surface area contributed by atoms with Gasteiger partial charge >= 0.3 is 0 Å². The molecule has 1 amide bonds. The number of thiazole rings is 1. The predicted octanol–water partition coefficient (Wildman–Crippen LogP) is 4.09. The summed E-state index contributed by atoms with van der Waals surface area (Å²) in [5.41, 5.74) is 2.95. The van der Waals surface area contributed by atoms with Crippen LogP contribution in [0.2, 0.25) is 0 Å². The number of ether oxygens (including phenoxy) is 1. The number of anilines is 1. The van der Waals surface area contributed by atoms with Crippen molar-refractivity contribution in [2.45, 2.75) is 6.92 Å². The summed E-state index contributed by atoms with van der Waals surface area (Å²) in [5, 5.41) is 0.916. The minimum absolute atomic E-state index is 0.0823. The monoisotopic (exact) mass is 393 g/mol. The van der Waals surface area contributed by atoms with E-state index >= 15 is 0 Å². The van der Waals surface area contributed by atoms with E-state index in [0.29, 0.717) is 13.1 Å². The minimum atomic E-state index is 0.0823. The molecule has 0 radical (unpaired) electrons. The number of hydrogen-bond donors (Lipinski definition) is 0. The highest BCUT2D eigenvalue weighted by Gasteiger charge is 2.26. The van der Waals surface area contributed by atoms with Crippen molar-refractivity contribution in [3.05, 3.63) is 64.5 Å². The van der Waals surface area contributed by atoms with Gasteiger partial charge in [0.2, 0.25) is 0 Å². The van der Waals surface area contributed by atoms with Gasteiger partial charge in [-0.15, -0.1) is 11.3 Å². The lowest BCUT2D eigenvalue weighted by molar-refractivity contribution is 0.0752. The Morgan fingerprint density at radius 3 is 2.32 bits per heavy atom. The number of amides is 1. The highest BCUT2D eigenvalue weighted by Crippen LogP contribution is 2.30. The molecule has 144 valence electrons. The van der Waals surface area contributed by atoms with Crippen molar-refractivity contribution in [3.8, 4) is 17.0 Å². The zero-order chi connectivity index (χ0) is 19.5. The minimum Gasteiger partial charge on any atom is -0.497 e. The first-order chi connectivity index (χ1) is 13.7. The molecule has 1 fully saturated rings. The molecular formula is C22H23N3O2S. The molecule has 28 heavy (non-hydrogen) atoms. The van der Waals surface area contributed by atoms with Crippen LogP contribution < -0.4 is 9.64 Å². The molecule has 6 heteroatoms. The first-order valence-corrected chi connectivity index (χ1v) is 10.2. The Morgan fingerprint density at radius 1 is 1.00 bits per heavy atom. The molecule has 5 nitrogen and oxygen atoms in total. The van der Waals surface area contributed by atoms with Crippen LogP contribution in [-0.2, 0) is 0 Å². The van der Waals surface area contributed by atoms with Gasteiger partial charge in [0.25, 0.3) is 5.91 Å². The van der Waals surface area contributed by atoms with Crippen LogP contribution in [0.3, 0.4) is 0 Å². The summed E-state index contributed by atoms with van der Waals surface area (Å²) in [6, 6.07) is 18.0. The number of carbonyl (C=O) groups excluding carboxylic acids is 1. The predicted molar refractivity (Wildman–Crippen MR) is 113 cm³/mol. The van der Waals surface area contributed by atoms with Crippen molar-refractivity contribution in [2.75, 3.05) is 38.2 Å². The summed E-state index contributed by atoms with van der Waals surface area (Å²) in [6.45, 7) is 4.99. The van der Waals surface area contributed by atoms with Crippen LogP contribution in [0.25, 0.3) is 11.3 Å². The molecule has 0 N–H and O–H groups in total. The van der Waals surface area contributed by atoms with E-state index in [-0.39, 0.29) is 5.91 Å². The average Bonchev–Trinajstić information content (AvgIpc) is 3.16. The zero-order valence-electron chi connectivity index (χ0n) is 16.1. The lowest BCUT2D eigenvalue weighted by Crippen LogP contribution is -2.48. The van der Waals surface area contributed by atoms with E-state index in [9.17, 15) is 4.79 Å². The maximum absolute atomic E-state index is 13.2. The number of carbonyl (C=O) groups is 1. The number of methoxy groups -OCH3 is 1. The smallest absolute Gasteiger partial charge is 0.266 e. The third-order valence-electron chi connectivity index (χ3n) is 4.98. The third-order valence-corrected chi connectivity index (χ3v) is 5.94. The van der Waals surface area contributed by atoms with Crippen LogP contribution in [-0.4, -0.2) is 49.1 Å².